The van der Waals surface area contributed by atoms with E-state index < -0.39 is 0 Å². The Morgan fingerprint density at radius 3 is 2.64 bits per heavy atom. The zero-order chi connectivity index (χ0) is 17.8. The number of aryl methyl sites for hydroxylation is 2. The Balaban J connectivity index is 1.82. The second-order valence-electron chi connectivity index (χ2n) is 5.34. The van der Waals surface area contributed by atoms with Crippen LogP contribution in [0.5, 0.6) is 11.5 Å². The van der Waals surface area contributed by atoms with E-state index in [1.807, 2.05) is 50.2 Å². The van der Waals surface area contributed by atoms with Crippen LogP contribution in [0.4, 0.5) is 11.5 Å². The standard InChI is InChI=1S/C18H14ClN5O/c1-11-7-13(24-18-15(8-20)17(19)22-10-23-18)4-6-16(11)25-14-5-3-12(2)21-9-14/h3-7,9-10H,1-2H3,(H,22,23,24). The summed E-state index contributed by atoms with van der Waals surface area (Å²) in [6.07, 6.45) is 2.99. The average molecular weight is 352 g/mol. The van der Waals surface area contributed by atoms with Gasteiger partial charge in [-0.05, 0) is 49.7 Å². The summed E-state index contributed by atoms with van der Waals surface area (Å²) in [6, 6.07) is 11.3. The number of nitrogens with zero attached hydrogens (tertiary/aromatic N) is 4. The van der Waals surface area contributed by atoms with Crippen molar-refractivity contribution >= 4 is 23.1 Å². The van der Waals surface area contributed by atoms with E-state index in [1.165, 1.54) is 6.33 Å². The van der Waals surface area contributed by atoms with Crippen molar-refractivity contribution in [3.05, 3.63) is 64.8 Å². The molecule has 7 heteroatoms. The summed E-state index contributed by atoms with van der Waals surface area (Å²) in [5.41, 5.74) is 2.82. The van der Waals surface area contributed by atoms with E-state index in [0.717, 1.165) is 22.7 Å². The van der Waals surface area contributed by atoms with Crippen molar-refractivity contribution < 1.29 is 4.74 Å². The lowest BCUT2D eigenvalue weighted by Crippen LogP contribution is -1.99. The lowest BCUT2D eigenvalue weighted by atomic mass is 10.2. The van der Waals surface area contributed by atoms with Crippen molar-refractivity contribution in [2.45, 2.75) is 13.8 Å². The van der Waals surface area contributed by atoms with Gasteiger partial charge in [0, 0.05) is 11.4 Å². The molecule has 0 radical (unpaired) electrons. The van der Waals surface area contributed by atoms with Crippen LogP contribution in [-0.4, -0.2) is 15.0 Å². The fourth-order valence-electron chi connectivity index (χ4n) is 2.18. The van der Waals surface area contributed by atoms with Crippen molar-refractivity contribution in [2.24, 2.45) is 0 Å². The molecular formula is C18H14ClN5O. The zero-order valence-corrected chi connectivity index (χ0v) is 14.4. The summed E-state index contributed by atoms with van der Waals surface area (Å²) in [7, 11) is 0. The normalized spacial score (nSPS) is 10.2. The maximum Gasteiger partial charge on any atom is 0.153 e. The van der Waals surface area contributed by atoms with Crippen LogP contribution in [0.25, 0.3) is 0 Å². The van der Waals surface area contributed by atoms with Crippen LogP contribution in [0.2, 0.25) is 5.15 Å². The molecule has 0 amide bonds. The van der Waals surface area contributed by atoms with Crippen LogP contribution in [0, 0.1) is 25.2 Å². The monoisotopic (exact) mass is 351 g/mol. The minimum Gasteiger partial charge on any atom is -0.455 e. The van der Waals surface area contributed by atoms with E-state index in [0.29, 0.717) is 11.6 Å². The Hall–Kier alpha value is -3.17. The molecule has 25 heavy (non-hydrogen) atoms. The van der Waals surface area contributed by atoms with Gasteiger partial charge in [0.15, 0.2) is 11.0 Å². The molecule has 0 spiro atoms. The Kier molecular flexibility index (Phi) is 4.78. The molecule has 1 aromatic carbocycles. The summed E-state index contributed by atoms with van der Waals surface area (Å²) >= 11 is 5.91. The Bertz CT molecular complexity index is 951. The van der Waals surface area contributed by atoms with Gasteiger partial charge in [-0.1, -0.05) is 11.6 Å². The highest BCUT2D eigenvalue weighted by Crippen LogP contribution is 2.29. The van der Waals surface area contributed by atoms with E-state index in [9.17, 15) is 5.26 Å². The second kappa shape index (κ2) is 7.16. The quantitative estimate of drug-likeness (QED) is 0.694. The van der Waals surface area contributed by atoms with Gasteiger partial charge < -0.3 is 10.1 Å². The van der Waals surface area contributed by atoms with Crippen molar-refractivity contribution in [1.29, 1.82) is 5.26 Å². The highest BCUT2D eigenvalue weighted by molar-refractivity contribution is 6.30. The largest absolute Gasteiger partial charge is 0.455 e. The number of benzene rings is 1. The van der Waals surface area contributed by atoms with Crippen LogP contribution in [0.15, 0.2) is 42.9 Å². The van der Waals surface area contributed by atoms with Crippen LogP contribution < -0.4 is 10.1 Å². The molecule has 0 aliphatic carbocycles. The molecule has 124 valence electrons. The molecule has 0 aliphatic heterocycles. The molecule has 1 N–H and O–H groups in total. The molecule has 0 fully saturated rings. The third-order valence-corrected chi connectivity index (χ3v) is 3.75. The molecule has 2 heterocycles. The predicted octanol–water partition coefficient (Wildman–Crippen LogP) is 4.55. The average Bonchev–Trinajstić information content (AvgIpc) is 2.59. The fraction of sp³-hybridized carbons (Fsp3) is 0.111. The summed E-state index contributed by atoms with van der Waals surface area (Å²) < 4.78 is 5.84. The van der Waals surface area contributed by atoms with Gasteiger partial charge >= 0.3 is 0 Å². The summed E-state index contributed by atoms with van der Waals surface area (Å²) in [5.74, 6) is 1.75. The SMILES string of the molecule is Cc1ccc(Oc2ccc(Nc3ncnc(Cl)c3C#N)cc2C)cn1. The van der Waals surface area contributed by atoms with Crippen LogP contribution in [0.1, 0.15) is 16.8 Å². The van der Waals surface area contributed by atoms with Crippen molar-refractivity contribution in [1.82, 2.24) is 15.0 Å². The maximum absolute atomic E-state index is 9.18. The van der Waals surface area contributed by atoms with Gasteiger partial charge in [0.25, 0.3) is 0 Å². The number of ether oxygens (including phenoxy) is 1. The number of halogens is 1. The van der Waals surface area contributed by atoms with Gasteiger partial charge in [0.05, 0.1) is 6.20 Å². The lowest BCUT2D eigenvalue weighted by molar-refractivity contribution is 0.476. The number of hydrogen-bond donors (Lipinski definition) is 1. The molecule has 0 saturated carbocycles. The number of pyridine rings is 1. The molecule has 3 rings (SSSR count). The minimum absolute atomic E-state index is 0.114. The number of hydrogen-bond acceptors (Lipinski definition) is 6. The number of rotatable bonds is 4. The summed E-state index contributed by atoms with van der Waals surface area (Å²) in [4.78, 5) is 12.1. The topological polar surface area (TPSA) is 83.7 Å². The molecule has 0 atom stereocenters. The van der Waals surface area contributed by atoms with Gasteiger partial charge in [-0.15, -0.1) is 0 Å². The molecule has 2 aromatic heterocycles. The predicted molar refractivity (Wildman–Crippen MR) is 95.3 cm³/mol. The van der Waals surface area contributed by atoms with E-state index in [-0.39, 0.29) is 10.7 Å². The number of anilines is 2. The highest BCUT2D eigenvalue weighted by Gasteiger charge is 2.10. The highest BCUT2D eigenvalue weighted by atomic mass is 35.5. The first-order valence-electron chi connectivity index (χ1n) is 7.45. The number of nitriles is 1. The molecule has 3 aromatic rings. The van der Waals surface area contributed by atoms with Crippen molar-refractivity contribution in [3.63, 3.8) is 0 Å². The molecule has 0 bridgehead atoms. The Morgan fingerprint density at radius 1 is 1.12 bits per heavy atom. The summed E-state index contributed by atoms with van der Waals surface area (Å²) in [6.45, 7) is 3.85. The number of aromatic nitrogens is 3. The zero-order valence-electron chi connectivity index (χ0n) is 13.6. The number of nitrogens with one attached hydrogen (secondary N) is 1. The molecule has 0 saturated heterocycles. The van der Waals surface area contributed by atoms with E-state index in [1.54, 1.807) is 6.20 Å². The van der Waals surface area contributed by atoms with Crippen molar-refractivity contribution in [3.8, 4) is 17.6 Å². The lowest BCUT2D eigenvalue weighted by Gasteiger charge is -2.12. The van der Waals surface area contributed by atoms with E-state index in [4.69, 9.17) is 16.3 Å². The minimum atomic E-state index is 0.114. The Morgan fingerprint density at radius 2 is 1.96 bits per heavy atom. The van der Waals surface area contributed by atoms with Crippen LogP contribution in [-0.2, 0) is 0 Å². The van der Waals surface area contributed by atoms with Crippen molar-refractivity contribution in [2.75, 3.05) is 5.32 Å². The van der Waals surface area contributed by atoms with E-state index >= 15 is 0 Å². The summed E-state index contributed by atoms with van der Waals surface area (Å²) in [5, 5.41) is 12.4. The van der Waals surface area contributed by atoms with Gasteiger partial charge in [0.2, 0.25) is 0 Å². The molecule has 6 nitrogen and oxygen atoms in total. The van der Waals surface area contributed by atoms with Crippen LogP contribution in [0.3, 0.4) is 0 Å². The maximum atomic E-state index is 9.18. The fourth-order valence-corrected chi connectivity index (χ4v) is 2.35. The third-order valence-electron chi connectivity index (χ3n) is 3.46. The Labute approximate surface area is 150 Å². The molecular weight excluding hydrogens is 338 g/mol. The van der Waals surface area contributed by atoms with Crippen LogP contribution >= 0.6 is 11.6 Å². The van der Waals surface area contributed by atoms with Gasteiger partial charge in [0.1, 0.15) is 29.5 Å². The van der Waals surface area contributed by atoms with E-state index in [2.05, 4.69) is 20.3 Å². The smallest absolute Gasteiger partial charge is 0.153 e. The third kappa shape index (κ3) is 3.84. The molecule has 0 unspecified atom stereocenters. The first-order valence-corrected chi connectivity index (χ1v) is 7.83. The first kappa shape index (κ1) is 16.7. The van der Waals surface area contributed by atoms with Gasteiger partial charge in [-0.2, -0.15) is 5.26 Å². The second-order valence-corrected chi connectivity index (χ2v) is 5.70. The van der Waals surface area contributed by atoms with Gasteiger partial charge in [-0.3, -0.25) is 4.98 Å². The molecule has 0 aliphatic rings. The van der Waals surface area contributed by atoms with Gasteiger partial charge in [-0.25, -0.2) is 9.97 Å². The first-order chi connectivity index (χ1) is 12.1.